The fourth-order valence-corrected chi connectivity index (χ4v) is 3.79. The van der Waals surface area contributed by atoms with E-state index in [0.29, 0.717) is 34.9 Å². The van der Waals surface area contributed by atoms with Gasteiger partial charge in [0.05, 0.1) is 16.4 Å². The molecule has 0 aliphatic heterocycles. The monoisotopic (exact) mass is 390 g/mol. The Kier molecular flexibility index (Phi) is 4.76. The van der Waals surface area contributed by atoms with Gasteiger partial charge >= 0.3 is 0 Å². The maximum Gasteiger partial charge on any atom is 0.249 e. The molecule has 1 aromatic heterocycles. The lowest BCUT2D eigenvalue weighted by atomic mass is 10.0. The Hall–Kier alpha value is -3.67. The second-order valence-electron chi connectivity index (χ2n) is 6.91. The minimum absolute atomic E-state index is 0.103. The lowest BCUT2D eigenvalue weighted by molar-refractivity contribution is -0.109. The van der Waals surface area contributed by atoms with Gasteiger partial charge in [-0.15, -0.1) is 0 Å². The van der Waals surface area contributed by atoms with Gasteiger partial charge in [-0.1, -0.05) is 18.2 Å². The predicted octanol–water partition coefficient (Wildman–Crippen LogP) is 3.97. The van der Waals surface area contributed by atoms with Gasteiger partial charge in [-0.2, -0.15) is 0 Å². The van der Waals surface area contributed by atoms with Crippen LogP contribution in [0.5, 0.6) is 5.75 Å². The SMILES string of the molecule is Cc1cc(OCC=O)c2c3c(C(N)=O)cccc3n(Cc3cccc(F)c3)c2c1. The second kappa shape index (κ2) is 7.39. The number of amides is 1. The first-order chi connectivity index (χ1) is 14.0. The number of hydrogen-bond acceptors (Lipinski definition) is 3. The molecule has 1 amide bonds. The van der Waals surface area contributed by atoms with Crippen molar-refractivity contribution in [3.63, 3.8) is 0 Å². The molecule has 0 aliphatic carbocycles. The molecule has 0 aliphatic rings. The van der Waals surface area contributed by atoms with Gasteiger partial charge in [-0.05, 0) is 54.4 Å². The first-order valence-corrected chi connectivity index (χ1v) is 9.16. The van der Waals surface area contributed by atoms with Crippen molar-refractivity contribution in [2.75, 3.05) is 6.61 Å². The Morgan fingerprint density at radius 3 is 2.62 bits per heavy atom. The third-order valence-corrected chi connectivity index (χ3v) is 4.90. The molecule has 0 saturated heterocycles. The predicted molar refractivity (Wildman–Crippen MR) is 110 cm³/mol. The zero-order chi connectivity index (χ0) is 20.5. The lowest BCUT2D eigenvalue weighted by Crippen LogP contribution is -2.11. The molecule has 5 nitrogen and oxygen atoms in total. The van der Waals surface area contributed by atoms with E-state index in [-0.39, 0.29) is 12.4 Å². The molecule has 29 heavy (non-hydrogen) atoms. The summed E-state index contributed by atoms with van der Waals surface area (Å²) in [5, 5.41) is 1.37. The van der Waals surface area contributed by atoms with Crippen LogP contribution in [-0.2, 0) is 11.3 Å². The number of carbonyl (C=O) groups excluding carboxylic acids is 2. The molecule has 0 fully saturated rings. The molecule has 2 N–H and O–H groups in total. The van der Waals surface area contributed by atoms with Crippen LogP contribution in [0.3, 0.4) is 0 Å². The fraction of sp³-hybridized carbons (Fsp3) is 0.130. The highest BCUT2D eigenvalue weighted by atomic mass is 19.1. The zero-order valence-corrected chi connectivity index (χ0v) is 15.8. The Balaban J connectivity index is 2.08. The summed E-state index contributed by atoms with van der Waals surface area (Å²) in [6.45, 7) is 2.22. The van der Waals surface area contributed by atoms with Crippen LogP contribution in [-0.4, -0.2) is 23.4 Å². The molecule has 1 heterocycles. The zero-order valence-electron chi connectivity index (χ0n) is 15.8. The number of aryl methyl sites for hydroxylation is 1. The van der Waals surface area contributed by atoms with Crippen LogP contribution in [0.1, 0.15) is 21.5 Å². The Labute approximate surface area is 166 Å². The summed E-state index contributed by atoms with van der Waals surface area (Å²) in [6.07, 6.45) is 0.676. The summed E-state index contributed by atoms with van der Waals surface area (Å²) < 4.78 is 21.4. The molecule has 4 rings (SSSR count). The molecule has 0 spiro atoms. The van der Waals surface area contributed by atoms with Crippen molar-refractivity contribution in [2.45, 2.75) is 13.5 Å². The summed E-state index contributed by atoms with van der Waals surface area (Å²) >= 11 is 0. The molecular weight excluding hydrogens is 371 g/mol. The average molecular weight is 390 g/mol. The minimum Gasteiger partial charge on any atom is -0.485 e. The molecule has 0 bridgehead atoms. The van der Waals surface area contributed by atoms with Crippen molar-refractivity contribution in [2.24, 2.45) is 5.73 Å². The van der Waals surface area contributed by atoms with E-state index in [9.17, 15) is 14.0 Å². The highest BCUT2D eigenvalue weighted by Crippen LogP contribution is 2.39. The minimum atomic E-state index is -0.553. The van der Waals surface area contributed by atoms with Crippen molar-refractivity contribution in [3.8, 4) is 5.75 Å². The Bertz CT molecular complexity index is 1260. The van der Waals surface area contributed by atoms with E-state index in [4.69, 9.17) is 10.5 Å². The average Bonchev–Trinajstić information content (AvgIpc) is 2.99. The molecule has 3 aromatic carbocycles. The topological polar surface area (TPSA) is 74.3 Å². The molecular formula is C23H19FN2O3. The van der Waals surface area contributed by atoms with E-state index in [2.05, 4.69) is 0 Å². The van der Waals surface area contributed by atoms with Crippen LogP contribution < -0.4 is 10.5 Å². The van der Waals surface area contributed by atoms with Gasteiger partial charge in [0.15, 0.2) is 6.29 Å². The molecule has 146 valence electrons. The summed E-state index contributed by atoms with van der Waals surface area (Å²) in [6, 6.07) is 15.5. The number of nitrogens with two attached hydrogens (primary N) is 1. The van der Waals surface area contributed by atoms with Crippen molar-refractivity contribution in [3.05, 3.63) is 77.1 Å². The number of nitrogens with zero attached hydrogens (tertiary/aromatic N) is 1. The van der Waals surface area contributed by atoms with Gasteiger partial charge in [0.1, 0.15) is 18.2 Å². The van der Waals surface area contributed by atoms with Crippen LogP contribution >= 0.6 is 0 Å². The van der Waals surface area contributed by atoms with Gasteiger partial charge in [0.25, 0.3) is 0 Å². The van der Waals surface area contributed by atoms with E-state index < -0.39 is 5.91 Å². The molecule has 0 saturated carbocycles. The number of hydrogen-bond donors (Lipinski definition) is 1. The molecule has 0 radical (unpaired) electrons. The number of fused-ring (bicyclic) bond motifs is 3. The first kappa shape index (κ1) is 18.7. The van der Waals surface area contributed by atoms with Crippen LogP contribution in [0.4, 0.5) is 4.39 Å². The number of carbonyl (C=O) groups is 2. The maximum atomic E-state index is 13.7. The highest BCUT2D eigenvalue weighted by molar-refractivity contribution is 6.19. The van der Waals surface area contributed by atoms with Crippen molar-refractivity contribution in [1.29, 1.82) is 0 Å². The van der Waals surface area contributed by atoms with E-state index in [1.807, 2.05) is 35.8 Å². The third kappa shape index (κ3) is 3.33. The molecule has 0 atom stereocenters. The number of ether oxygens (including phenoxy) is 1. The van der Waals surface area contributed by atoms with E-state index in [0.717, 1.165) is 22.2 Å². The highest BCUT2D eigenvalue weighted by Gasteiger charge is 2.20. The van der Waals surface area contributed by atoms with Gasteiger partial charge in [-0.25, -0.2) is 4.39 Å². The number of primary amides is 1. The normalized spacial score (nSPS) is 11.1. The van der Waals surface area contributed by atoms with E-state index in [1.54, 1.807) is 18.2 Å². The number of aldehydes is 1. The summed E-state index contributed by atoms with van der Waals surface area (Å²) in [4.78, 5) is 23.0. The summed E-state index contributed by atoms with van der Waals surface area (Å²) in [5.74, 6) is -0.363. The van der Waals surface area contributed by atoms with Gasteiger partial charge in [0, 0.05) is 17.5 Å². The smallest absolute Gasteiger partial charge is 0.249 e. The van der Waals surface area contributed by atoms with Crippen molar-refractivity contribution >= 4 is 34.0 Å². The molecule has 0 unspecified atom stereocenters. The lowest BCUT2D eigenvalue weighted by Gasteiger charge is -2.10. The van der Waals surface area contributed by atoms with Crippen LogP contribution in [0, 0.1) is 12.7 Å². The second-order valence-corrected chi connectivity index (χ2v) is 6.91. The van der Waals surface area contributed by atoms with Crippen molar-refractivity contribution < 1.29 is 18.7 Å². The Morgan fingerprint density at radius 2 is 1.90 bits per heavy atom. The van der Waals surface area contributed by atoms with Gasteiger partial charge < -0.3 is 15.0 Å². The van der Waals surface area contributed by atoms with Gasteiger partial charge in [-0.3, -0.25) is 9.59 Å². The first-order valence-electron chi connectivity index (χ1n) is 9.16. The number of halogens is 1. The third-order valence-electron chi connectivity index (χ3n) is 4.90. The standard InChI is InChI=1S/C23H19FN2O3/c1-14-10-19-22(20(11-14)29-9-8-27)21-17(23(25)28)6-3-7-18(21)26(19)13-15-4-2-5-16(24)12-15/h2-8,10-12H,9,13H2,1H3,(H2,25,28). The van der Waals surface area contributed by atoms with Crippen LogP contribution in [0.15, 0.2) is 54.6 Å². The number of benzene rings is 3. The van der Waals surface area contributed by atoms with Gasteiger partial charge in [0.2, 0.25) is 5.91 Å². The Morgan fingerprint density at radius 1 is 1.10 bits per heavy atom. The molecule has 4 aromatic rings. The largest absolute Gasteiger partial charge is 0.485 e. The number of rotatable bonds is 6. The molecule has 6 heteroatoms. The van der Waals surface area contributed by atoms with Crippen molar-refractivity contribution in [1.82, 2.24) is 4.57 Å². The fourth-order valence-electron chi connectivity index (χ4n) is 3.79. The number of aromatic nitrogens is 1. The maximum absolute atomic E-state index is 13.7. The summed E-state index contributed by atoms with van der Waals surface area (Å²) in [7, 11) is 0. The van der Waals surface area contributed by atoms with Crippen LogP contribution in [0.2, 0.25) is 0 Å². The van der Waals surface area contributed by atoms with E-state index >= 15 is 0 Å². The van der Waals surface area contributed by atoms with Crippen LogP contribution in [0.25, 0.3) is 21.8 Å². The van der Waals surface area contributed by atoms with E-state index in [1.165, 1.54) is 12.1 Å². The quantitative estimate of drug-likeness (QED) is 0.506. The summed E-state index contributed by atoms with van der Waals surface area (Å²) in [5.41, 5.74) is 9.32.